The van der Waals surface area contributed by atoms with Crippen LogP contribution < -0.4 is 10.1 Å². The zero-order valence-electron chi connectivity index (χ0n) is 13.8. The van der Waals surface area contributed by atoms with Crippen molar-refractivity contribution in [3.63, 3.8) is 0 Å². The maximum absolute atomic E-state index is 5.87. The van der Waals surface area contributed by atoms with Crippen molar-refractivity contribution >= 4 is 0 Å². The second-order valence-electron chi connectivity index (χ2n) is 6.72. The topological polar surface area (TPSA) is 21.3 Å². The van der Waals surface area contributed by atoms with Crippen molar-refractivity contribution in [2.24, 2.45) is 5.41 Å². The molecule has 2 heteroatoms. The van der Waals surface area contributed by atoms with E-state index < -0.39 is 0 Å². The summed E-state index contributed by atoms with van der Waals surface area (Å²) in [5, 5.41) is 3.66. The first-order valence-corrected chi connectivity index (χ1v) is 7.84. The van der Waals surface area contributed by atoms with Crippen LogP contribution in [0.1, 0.15) is 53.9 Å². The molecule has 0 fully saturated rings. The summed E-state index contributed by atoms with van der Waals surface area (Å²) in [4.78, 5) is 0. The second-order valence-corrected chi connectivity index (χ2v) is 6.72. The monoisotopic (exact) mass is 277 g/mol. The van der Waals surface area contributed by atoms with Crippen LogP contribution in [0.15, 0.2) is 30.3 Å². The van der Waals surface area contributed by atoms with Crippen molar-refractivity contribution in [2.75, 3.05) is 13.2 Å². The zero-order valence-corrected chi connectivity index (χ0v) is 13.8. The lowest BCUT2D eigenvalue weighted by Crippen LogP contribution is -2.44. The van der Waals surface area contributed by atoms with Crippen LogP contribution in [0.4, 0.5) is 0 Å². The van der Waals surface area contributed by atoms with Crippen LogP contribution >= 0.6 is 0 Å². The summed E-state index contributed by atoms with van der Waals surface area (Å²) >= 11 is 0. The van der Waals surface area contributed by atoms with E-state index in [0.717, 1.165) is 25.3 Å². The summed E-state index contributed by atoms with van der Waals surface area (Å²) in [6, 6.07) is 10.1. The summed E-state index contributed by atoms with van der Waals surface area (Å²) < 4.78 is 5.87. The quantitative estimate of drug-likeness (QED) is 0.747. The number of nitrogens with one attached hydrogen (secondary N) is 1. The fraction of sp³-hybridized carbons (Fsp3) is 0.667. The normalized spacial score (nSPS) is 12.4. The molecule has 0 aliphatic carbocycles. The smallest absolute Gasteiger partial charge is 0.119 e. The molecule has 0 unspecified atom stereocenters. The summed E-state index contributed by atoms with van der Waals surface area (Å²) in [5.41, 5.74) is 0.512. The van der Waals surface area contributed by atoms with Crippen LogP contribution in [0.3, 0.4) is 0 Å². The first-order valence-electron chi connectivity index (χ1n) is 7.84. The van der Waals surface area contributed by atoms with Gasteiger partial charge in [-0.15, -0.1) is 0 Å². The summed E-state index contributed by atoms with van der Waals surface area (Å²) in [7, 11) is 0. The van der Waals surface area contributed by atoms with Gasteiger partial charge >= 0.3 is 0 Å². The molecule has 0 bridgehead atoms. The van der Waals surface area contributed by atoms with Gasteiger partial charge in [-0.3, -0.25) is 0 Å². The van der Waals surface area contributed by atoms with Gasteiger partial charge in [0.05, 0.1) is 6.61 Å². The predicted octanol–water partition coefficient (Wildman–Crippen LogP) is 4.65. The Labute approximate surface area is 124 Å². The molecule has 0 spiro atoms. The zero-order chi connectivity index (χ0) is 15.1. The van der Waals surface area contributed by atoms with Crippen molar-refractivity contribution in [2.45, 2.75) is 59.4 Å². The molecule has 0 amide bonds. The molecule has 0 heterocycles. The number of hydrogen-bond acceptors (Lipinski definition) is 2. The van der Waals surface area contributed by atoms with Crippen molar-refractivity contribution in [3.8, 4) is 5.75 Å². The molecule has 0 aliphatic heterocycles. The van der Waals surface area contributed by atoms with Gasteiger partial charge < -0.3 is 10.1 Å². The highest BCUT2D eigenvalue weighted by molar-refractivity contribution is 5.20. The van der Waals surface area contributed by atoms with Crippen LogP contribution in [0, 0.1) is 5.41 Å². The average molecular weight is 277 g/mol. The molecule has 20 heavy (non-hydrogen) atoms. The van der Waals surface area contributed by atoms with Crippen molar-refractivity contribution < 1.29 is 4.74 Å². The van der Waals surface area contributed by atoms with Gasteiger partial charge in [0.25, 0.3) is 0 Å². The first-order chi connectivity index (χ1) is 9.41. The van der Waals surface area contributed by atoms with Gasteiger partial charge in [0.2, 0.25) is 0 Å². The third kappa shape index (κ3) is 5.96. The Morgan fingerprint density at radius 1 is 1.00 bits per heavy atom. The van der Waals surface area contributed by atoms with Gasteiger partial charge in [-0.1, -0.05) is 32.0 Å². The molecule has 1 aromatic rings. The molecule has 1 aromatic carbocycles. The van der Waals surface area contributed by atoms with Crippen LogP contribution in [-0.4, -0.2) is 18.7 Å². The molecular weight excluding hydrogens is 246 g/mol. The summed E-state index contributed by atoms with van der Waals surface area (Å²) in [6.07, 6.45) is 3.47. The molecule has 114 valence electrons. The van der Waals surface area contributed by atoms with E-state index in [4.69, 9.17) is 4.74 Å². The first kappa shape index (κ1) is 17.0. The Bertz CT molecular complexity index is 363. The van der Waals surface area contributed by atoms with Gasteiger partial charge in [-0.05, 0) is 57.6 Å². The lowest BCUT2D eigenvalue weighted by molar-refractivity contribution is 0.162. The van der Waals surface area contributed by atoms with Gasteiger partial charge in [-0.25, -0.2) is 0 Å². The maximum atomic E-state index is 5.87. The highest BCUT2D eigenvalue weighted by Gasteiger charge is 2.27. The molecule has 0 radical (unpaired) electrons. The van der Waals surface area contributed by atoms with Crippen molar-refractivity contribution in [1.29, 1.82) is 0 Å². The number of rotatable bonds is 8. The van der Waals surface area contributed by atoms with E-state index in [-0.39, 0.29) is 5.54 Å². The fourth-order valence-corrected chi connectivity index (χ4v) is 2.30. The molecule has 1 rings (SSSR count). The third-order valence-electron chi connectivity index (χ3n) is 4.14. The van der Waals surface area contributed by atoms with Crippen LogP contribution in [0.5, 0.6) is 5.75 Å². The molecule has 0 atom stereocenters. The van der Waals surface area contributed by atoms with Crippen molar-refractivity contribution in [1.82, 2.24) is 5.32 Å². The predicted molar refractivity (Wildman–Crippen MR) is 87.3 cm³/mol. The molecule has 1 N–H and O–H groups in total. The number of ether oxygens (including phenoxy) is 1. The fourth-order valence-electron chi connectivity index (χ4n) is 2.30. The second kappa shape index (κ2) is 7.68. The lowest BCUT2D eigenvalue weighted by Gasteiger charge is -2.35. The van der Waals surface area contributed by atoms with E-state index in [0.29, 0.717) is 5.41 Å². The van der Waals surface area contributed by atoms with E-state index in [2.05, 4.69) is 39.9 Å². The SMILES string of the molecule is CCC(CC)(CCOc1ccccc1)CNC(C)(C)C. The minimum Gasteiger partial charge on any atom is -0.494 e. The van der Waals surface area contributed by atoms with Gasteiger partial charge in [-0.2, -0.15) is 0 Å². The maximum Gasteiger partial charge on any atom is 0.119 e. The van der Waals surface area contributed by atoms with E-state index in [1.165, 1.54) is 12.8 Å². The highest BCUT2D eigenvalue weighted by Crippen LogP contribution is 2.30. The molecule has 0 saturated carbocycles. The standard InChI is InChI=1S/C18H31NO/c1-6-18(7-2,15-19-17(3,4)5)13-14-20-16-11-9-8-10-12-16/h8-12,19H,6-7,13-15H2,1-5H3. The Hall–Kier alpha value is -1.02. The molecule has 0 saturated heterocycles. The van der Waals surface area contributed by atoms with Crippen LogP contribution in [-0.2, 0) is 0 Å². The Morgan fingerprint density at radius 2 is 1.60 bits per heavy atom. The minimum absolute atomic E-state index is 0.176. The number of hydrogen-bond donors (Lipinski definition) is 1. The Kier molecular flexibility index (Phi) is 6.54. The van der Waals surface area contributed by atoms with Gasteiger partial charge in [0, 0.05) is 12.1 Å². The minimum atomic E-state index is 0.176. The average Bonchev–Trinajstić information content (AvgIpc) is 2.43. The van der Waals surface area contributed by atoms with E-state index >= 15 is 0 Å². The molecule has 0 aliphatic rings. The van der Waals surface area contributed by atoms with E-state index in [1.807, 2.05) is 30.3 Å². The van der Waals surface area contributed by atoms with E-state index in [1.54, 1.807) is 0 Å². The van der Waals surface area contributed by atoms with Crippen LogP contribution in [0.25, 0.3) is 0 Å². The Morgan fingerprint density at radius 3 is 2.10 bits per heavy atom. The molecule has 0 aromatic heterocycles. The highest BCUT2D eigenvalue weighted by atomic mass is 16.5. The summed E-state index contributed by atoms with van der Waals surface area (Å²) in [5.74, 6) is 0.970. The largest absolute Gasteiger partial charge is 0.494 e. The van der Waals surface area contributed by atoms with Crippen LogP contribution in [0.2, 0.25) is 0 Å². The molecular formula is C18H31NO. The van der Waals surface area contributed by atoms with Crippen molar-refractivity contribution in [3.05, 3.63) is 30.3 Å². The van der Waals surface area contributed by atoms with Gasteiger partial charge in [0.1, 0.15) is 5.75 Å². The number of para-hydroxylation sites is 1. The van der Waals surface area contributed by atoms with E-state index in [9.17, 15) is 0 Å². The lowest BCUT2D eigenvalue weighted by atomic mass is 9.79. The van der Waals surface area contributed by atoms with Gasteiger partial charge in [0.15, 0.2) is 0 Å². The Balaban J connectivity index is 2.49. The summed E-state index contributed by atoms with van der Waals surface area (Å²) in [6.45, 7) is 13.1. The third-order valence-corrected chi connectivity index (χ3v) is 4.14. The number of benzene rings is 1. The molecule has 2 nitrogen and oxygen atoms in total.